The summed E-state index contributed by atoms with van der Waals surface area (Å²) in [5.74, 6) is 0. The average Bonchev–Trinajstić information content (AvgIpc) is 2.35. The molecule has 2 aromatic heterocycles. The molecule has 2 rings (SSSR count). The second-order valence-electron chi connectivity index (χ2n) is 2.27. The maximum atomic E-state index is 11.1. The highest BCUT2D eigenvalue weighted by Crippen LogP contribution is 2.05. The zero-order valence-corrected chi connectivity index (χ0v) is 5.94. The molecule has 4 nitrogen and oxygen atoms in total. The summed E-state index contributed by atoms with van der Waals surface area (Å²) < 4.78 is 6.59. The molecule has 0 aliphatic rings. The molecule has 0 aliphatic heterocycles. The SMILES string of the molecule is Cn1ncc2c(=O)ccoc21. The van der Waals surface area contributed by atoms with Crippen molar-refractivity contribution in [3.05, 3.63) is 28.7 Å². The molecule has 11 heavy (non-hydrogen) atoms. The second-order valence-corrected chi connectivity index (χ2v) is 2.27. The zero-order chi connectivity index (χ0) is 7.84. The van der Waals surface area contributed by atoms with Crippen LogP contribution in [0.1, 0.15) is 0 Å². The van der Waals surface area contributed by atoms with Crippen molar-refractivity contribution < 1.29 is 4.42 Å². The van der Waals surface area contributed by atoms with E-state index in [1.54, 1.807) is 7.05 Å². The van der Waals surface area contributed by atoms with Crippen LogP contribution >= 0.6 is 0 Å². The van der Waals surface area contributed by atoms with E-state index in [4.69, 9.17) is 4.42 Å². The summed E-state index contributed by atoms with van der Waals surface area (Å²) in [6.45, 7) is 0. The molecule has 0 unspecified atom stereocenters. The van der Waals surface area contributed by atoms with Gasteiger partial charge in [0.1, 0.15) is 5.39 Å². The first kappa shape index (κ1) is 6.15. The van der Waals surface area contributed by atoms with Gasteiger partial charge in [-0.05, 0) is 0 Å². The van der Waals surface area contributed by atoms with Crippen molar-refractivity contribution in [2.24, 2.45) is 7.05 Å². The number of nitrogens with zero attached hydrogens (tertiary/aromatic N) is 2. The van der Waals surface area contributed by atoms with Crippen LogP contribution in [-0.2, 0) is 7.05 Å². The van der Waals surface area contributed by atoms with Crippen molar-refractivity contribution >= 4 is 11.1 Å². The van der Waals surface area contributed by atoms with Gasteiger partial charge in [0.05, 0.1) is 12.5 Å². The molecule has 0 amide bonds. The molecule has 4 heteroatoms. The Morgan fingerprint density at radius 1 is 1.64 bits per heavy atom. The van der Waals surface area contributed by atoms with Crippen molar-refractivity contribution in [1.29, 1.82) is 0 Å². The molecule has 0 spiro atoms. The van der Waals surface area contributed by atoms with E-state index in [0.717, 1.165) is 0 Å². The van der Waals surface area contributed by atoms with E-state index in [2.05, 4.69) is 5.10 Å². The first-order chi connectivity index (χ1) is 5.29. The van der Waals surface area contributed by atoms with E-state index < -0.39 is 0 Å². The van der Waals surface area contributed by atoms with Gasteiger partial charge in [-0.25, -0.2) is 4.68 Å². The summed E-state index contributed by atoms with van der Waals surface area (Å²) in [6, 6.07) is 1.38. The topological polar surface area (TPSA) is 48.0 Å². The van der Waals surface area contributed by atoms with E-state index in [9.17, 15) is 4.79 Å². The Morgan fingerprint density at radius 2 is 2.45 bits per heavy atom. The fourth-order valence-corrected chi connectivity index (χ4v) is 0.985. The zero-order valence-electron chi connectivity index (χ0n) is 5.94. The van der Waals surface area contributed by atoms with Gasteiger partial charge in [0.2, 0.25) is 5.71 Å². The van der Waals surface area contributed by atoms with Gasteiger partial charge in [-0.2, -0.15) is 5.10 Å². The number of hydrogen-bond acceptors (Lipinski definition) is 3. The Balaban J connectivity index is 3.06. The molecule has 0 saturated heterocycles. The summed E-state index contributed by atoms with van der Waals surface area (Å²) in [7, 11) is 1.73. The fraction of sp³-hybridized carbons (Fsp3) is 0.143. The summed E-state index contributed by atoms with van der Waals surface area (Å²) in [4.78, 5) is 11.1. The normalized spacial score (nSPS) is 10.6. The molecular formula is C7H6N2O2. The molecular weight excluding hydrogens is 144 g/mol. The third-order valence-corrected chi connectivity index (χ3v) is 1.55. The summed E-state index contributed by atoms with van der Waals surface area (Å²) >= 11 is 0. The highest BCUT2D eigenvalue weighted by molar-refractivity contribution is 5.71. The minimum absolute atomic E-state index is 0.0562. The molecule has 0 N–H and O–H groups in total. The van der Waals surface area contributed by atoms with E-state index in [-0.39, 0.29) is 5.43 Å². The molecule has 2 aromatic rings. The van der Waals surface area contributed by atoms with E-state index in [0.29, 0.717) is 11.1 Å². The quantitative estimate of drug-likeness (QED) is 0.550. The van der Waals surface area contributed by atoms with E-state index >= 15 is 0 Å². The molecule has 0 saturated carbocycles. The largest absolute Gasteiger partial charge is 0.446 e. The van der Waals surface area contributed by atoms with Crippen LogP contribution in [0, 0.1) is 0 Å². The van der Waals surface area contributed by atoms with Gasteiger partial charge >= 0.3 is 0 Å². The van der Waals surface area contributed by atoms with Gasteiger partial charge < -0.3 is 4.42 Å². The van der Waals surface area contributed by atoms with Crippen LogP contribution in [0.2, 0.25) is 0 Å². The average molecular weight is 150 g/mol. The van der Waals surface area contributed by atoms with Crippen molar-refractivity contribution in [3.8, 4) is 0 Å². The van der Waals surface area contributed by atoms with Crippen molar-refractivity contribution in [2.75, 3.05) is 0 Å². The lowest BCUT2D eigenvalue weighted by Gasteiger charge is -1.89. The molecule has 0 atom stereocenters. The van der Waals surface area contributed by atoms with E-state index in [1.807, 2.05) is 0 Å². The lowest BCUT2D eigenvalue weighted by atomic mass is 10.4. The molecule has 0 radical (unpaired) electrons. The molecule has 56 valence electrons. The highest BCUT2D eigenvalue weighted by atomic mass is 16.3. The first-order valence-corrected chi connectivity index (χ1v) is 3.18. The molecule has 0 aliphatic carbocycles. The minimum Gasteiger partial charge on any atom is -0.446 e. The second kappa shape index (κ2) is 1.95. The smallest absolute Gasteiger partial charge is 0.227 e. The standard InChI is InChI=1S/C7H6N2O2/c1-9-7-5(4-8-9)6(10)2-3-11-7/h2-4H,1H3. The Bertz CT molecular complexity index is 441. The molecule has 0 bridgehead atoms. The van der Waals surface area contributed by atoms with Crippen LogP contribution in [0.3, 0.4) is 0 Å². The molecule has 2 heterocycles. The number of rotatable bonds is 0. The molecule has 0 fully saturated rings. The molecule has 0 aromatic carbocycles. The monoisotopic (exact) mass is 150 g/mol. The Kier molecular flexibility index (Phi) is 1.09. The first-order valence-electron chi connectivity index (χ1n) is 3.18. The number of aryl methyl sites for hydroxylation is 1. The van der Waals surface area contributed by atoms with Crippen LogP contribution in [-0.4, -0.2) is 9.78 Å². The van der Waals surface area contributed by atoms with Crippen molar-refractivity contribution in [3.63, 3.8) is 0 Å². The number of fused-ring (bicyclic) bond motifs is 1. The predicted molar refractivity (Wildman–Crippen MR) is 39.3 cm³/mol. The maximum absolute atomic E-state index is 11.1. The van der Waals surface area contributed by atoms with Gasteiger partial charge in [0, 0.05) is 13.1 Å². The number of hydrogen-bond donors (Lipinski definition) is 0. The van der Waals surface area contributed by atoms with Crippen LogP contribution in [0.15, 0.2) is 27.7 Å². The Hall–Kier alpha value is -1.58. The van der Waals surface area contributed by atoms with E-state index in [1.165, 1.54) is 23.2 Å². The third kappa shape index (κ3) is 0.756. The van der Waals surface area contributed by atoms with Crippen LogP contribution in [0.5, 0.6) is 0 Å². The van der Waals surface area contributed by atoms with Crippen LogP contribution in [0.4, 0.5) is 0 Å². The summed E-state index contributed by atoms with van der Waals surface area (Å²) in [5.41, 5.74) is 0.455. The van der Waals surface area contributed by atoms with Crippen LogP contribution < -0.4 is 5.43 Å². The van der Waals surface area contributed by atoms with Gasteiger partial charge in [-0.15, -0.1) is 0 Å². The fourth-order valence-electron chi connectivity index (χ4n) is 0.985. The van der Waals surface area contributed by atoms with Gasteiger partial charge in [-0.1, -0.05) is 0 Å². The van der Waals surface area contributed by atoms with Gasteiger partial charge in [-0.3, -0.25) is 4.79 Å². The minimum atomic E-state index is -0.0562. The lowest BCUT2D eigenvalue weighted by Crippen LogP contribution is -1.97. The van der Waals surface area contributed by atoms with Crippen molar-refractivity contribution in [1.82, 2.24) is 9.78 Å². The Morgan fingerprint density at radius 3 is 3.18 bits per heavy atom. The maximum Gasteiger partial charge on any atom is 0.227 e. The summed E-state index contributed by atoms with van der Waals surface area (Å²) in [6.07, 6.45) is 2.87. The highest BCUT2D eigenvalue weighted by Gasteiger charge is 2.02. The van der Waals surface area contributed by atoms with Gasteiger partial charge in [0.15, 0.2) is 5.43 Å². The van der Waals surface area contributed by atoms with Crippen LogP contribution in [0.25, 0.3) is 11.1 Å². The van der Waals surface area contributed by atoms with Gasteiger partial charge in [0.25, 0.3) is 0 Å². The van der Waals surface area contributed by atoms with Crippen molar-refractivity contribution in [2.45, 2.75) is 0 Å². The lowest BCUT2D eigenvalue weighted by molar-refractivity contribution is 0.557. The predicted octanol–water partition coefficient (Wildman–Crippen LogP) is 0.526. The third-order valence-electron chi connectivity index (χ3n) is 1.55. The Labute approximate surface area is 62.1 Å². The number of aromatic nitrogens is 2. The summed E-state index contributed by atoms with van der Waals surface area (Å²) in [5, 5.41) is 4.40.